The summed E-state index contributed by atoms with van der Waals surface area (Å²) in [5, 5.41) is 18.9. The molecule has 1 aliphatic rings. The lowest BCUT2D eigenvalue weighted by molar-refractivity contribution is 0.242. The number of aliphatic hydroxyl groups is 1. The first kappa shape index (κ1) is 17.0. The fourth-order valence-electron chi connectivity index (χ4n) is 3.23. The van der Waals surface area contributed by atoms with Crippen LogP contribution in [0.1, 0.15) is 17.0 Å². The predicted octanol–water partition coefficient (Wildman–Crippen LogP) is 3.09. The van der Waals surface area contributed by atoms with Crippen molar-refractivity contribution < 1.29 is 13.5 Å². The summed E-state index contributed by atoms with van der Waals surface area (Å²) in [6.07, 6.45) is 0. The van der Waals surface area contributed by atoms with E-state index in [2.05, 4.69) is 0 Å². The molecule has 0 heterocycles. The summed E-state index contributed by atoms with van der Waals surface area (Å²) in [6, 6.07) is 15.3. The zero-order valence-electron chi connectivity index (χ0n) is 13.0. The van der Waals surface area contributed by atoms with E-state index in [0.717, 1.165) is 5.56 Å². The van der Waals surface area contributed by atoms with Gasteiger partial charge in [-0.3, -0.25) is 0 Å². The van der Waals surface area contributed by atoms with Gasteiger partial charge in [-0.2, -0.15) is 5.26 Å². The average molecular weight is 362 g/mol. The van der Waals surface area contributed by atoms with E-state index in [0.29, 0.717) is 10.6 Å². The highest BCUT2D eigenvalue weighted by Crippen LogP contribution is 2.63. The molecule has 0 amide bonds. The lowest BCUT2D eigenvalue weighted by Crippen LogP contribution is -2.18. The maximum absolute atomic E-state index is 13.0. The molecule has 0 aromatic heterocycles. The molecule has 1 fully saturated rings. The van der Waals surface area contributed by atoms with Gasteiger partial charge in [0.15, 0.2) is 9.84 Å². The highest BCUT2D eigenvalue weighted by Gasteiger charge is 2.72. The summed E-state index contributed by atoms with van der Waals surface area (Å²) in [6.45, 7) is 1.36. The Morgan fingerprint density at radius 2 is 1.75 bits per heavy atom. The molecule has 24 heavy (non-hydrogen) atoms. The minimum absolute atomic E-state index is 0.169. The van der Waals surface area contributed by atoms with Crippen LogP contribution in [0.2, 0.25) is 5.02 Å². The van der Waals surface area contributed by atoms with Crippen LogP contribution in [0.5, 0.6) is 0 Å². The Kier molecular flexibility index (Phi) is 4.16. The Morgan fingerprint density at radius 1 is 1.17 bits per heavy atom. The first-order valence-electron chi connectivity index (χ1n) is 7.45. The molecule has 0 aliphatic heterocycles. The molecule has 1 aliphatic carbocycles. The van der Waals surface area contributed by atoms with Gasteiger partial charge in [-0.1, -0.05) is 41.4 Å². The molecule has 0 radical (unpaired) electrons. The van der Waals surface area contributed by atoms with Crippen LogP contribution in [0.15, 0.2) is 53.4 Å². The Bertz CT molecular complexity index is 901. The van der Waals surface area contributed by atoms with E-state index in [1.165, 1.54) is 0 Å². The monoisotopic (exact) mass is 361 g/mol. The van der Waals surface area contributed by atoms with E-state index < -0.39 is 33.0 Å². The third kappa shape index (κ3) is 2.51. The molecule has 2 aromatic rings. The minimum atomic E-state index is -3.74. The zero-order valence-corrected chi connectivity index (χ0v) is 14.6. The number of hydrogen-bond acceptors (Lipinski definition) is 4. The Labute approximate surface area is 146 Å². The molecule has 1 N–H and O–H groups in total. The topological polar surface area (TPSA) is 78.2 Å². The van der Waals surface area contributed by atoms with Crippen LogP contribution in [0.3, 0.4) is 0 Å². The van der Waals surface area contributed by atoms with Crippen molar-refractivity contribution >= 4 is 21.4 Å². The van der Waals surface area contributed by atoms with Crippen molar-refractivity contribution in [2.24, 2.45) is 5.41 Å². The first-order chi connectivity index (χ1) is 11.4. The number of rotatable bonds is 4. The molecule has 1 saturated carbocycles. The molecular formula is C18H16ClNO3S. The van der Waals surface area contributed by atoms with Gasteiger partial charge in [-0.25, -0.2) is 8.42 Å². The Morgan fingerprint density at radius 3 is 2.25 bits per heavy atom. The van der Waals surface area contributed by atoms with Crippen molar-refractivity contribution in [1.82, 2.24) is 0 Å². The van der Waals surface area contributed by atoms with Gasteiger partial charge in [0, 0.05) is 10.9 Å². The zero-order chi connectivity index (χ0) is 17.5. The summed E-state index contributed by atoms with van der Waals surface area (Å²) >= 11 is 5.88. The molecule has 6 heteroatoms. The molecule has 0 spiro atoms. The maximum Gasteiger partial charge on any atom is 0.183 e. The molecule has 4 nitrogen and oxygen atoms in total. The number of nitriles is 1. The normalized spacial score (nSPS) is 25.9. The second-order valence-electron chi connectivity index (χ2n) is 6.12. The van der Waals surface area contributed by atoms with Crippen LogP contribution in [-0.2, 0) is 9.84 Å². The van der Waals surface area contributed by atoms with Crippen molar-refractivity contribution in [3.05, 3.63) is 64.7 Å². The lowest BCUT2D eigenvalue weighted by Gasteiger charge is -2.06. The molecule has 2 aromatic carbocycles. The van der Waals surface area contributed by atoms with Gasteiger partial charge in [0.1, 0.15) is 5.41 Å². The van der Waals surface area contributed by atoms with Crippen molar-refractivity contribution in [2.75, 3.05) is 6.61 Å². The van der Waals surface area contributed by atoms with Crippen LogP contribution in [-0.4, -0.2) is 25.4 Å². The van der Waals surface area contributed by atoms with Crippen LogP contribution in [0.4, 0.5) is 0 Å². The number of halogens is 1. The van der Waals surface area contributed by atoms with Crippen molar-refractivity contribution in [2.45, 2.75) is 23.0 Å². The molecule has 3 rings (SSSR count). The second kappa shape index (κ2) is 5.89. The third-order valence-corrected chi connectivity index (χ3v) is 7.18. The summed E-state index contributed by atoms with van der Waals surface area (Å²) in [7, 11) is -3.74. The number of benzene rings is 2. The van der Waals surface area contributed by atoms with Gasteiger partial charge < -0.3 is 5.11 Å². The second-order valence-corrected chi connectivity index (χ2v) is 8.62. The van der Waals surface area contributed by atoms with Crippen LogP contribution < -0.4 is 0 Å². The molecule has 0 bridgehead atoms. The Balaban J connectivity index is 2.06. The first-order valence-corrected chi connectivity index (χ1v) is 9.37. The molecule has 124 valence electrons. The molecular weight excluding hydrogens is 346 g/mol. The summed E-state index contributed by atoms with van der Waals surface area (Å²) in [5.41, 5.74) is 0.320. The largest absolute Gasteiger partial charge is 0.395 e. The van der Waals surface area contributed by atoms with Crippen LogP contribution >= 0.6 is 11.6 Å². The fourth-order valence-corrected chi connectivity index (χ4v) is 5.68. The van der Waals surface area contributed by atoms with Crippen molar-refractivity contribution in [3.63, 3.8) is 0 Å². The van der Waals surface area contributed by atoms with E-state index in [4.69, 9.17) is 11.6 Å². The smallest absolute Gasteiger partial charge is 0.183 e. The molecule has 0 unspecified atom stereocenters. The van der Waals surface area contributed by atoms with E-state index in [1.54, 1.807) is 48.5 Å². The number of aryl methyl sites for hydroxylation is 1. The van der Waals surface area contributed by atoms with E-state index >= 15 is 0 Å². The van der Waals surface area contributed by atoms with Gasteiger partial charge >= 0.3 is 0 Å². The van der Waals surface area contributed by atoms with Gasteiger partial charge in [0.05, 0.1) is 22.8 Å². The molecule has 3 atom stereocenters. The number of hydrogen-bond donors (Lipinski definition) is 1. The van der Waals surface area contributed by atoms with E-state index in [1.807, 2.05) is 13.0 Å². The average Bonchev–Trinajstić information content (AvgIpc) is 3.26. The SMILES string of the molecule is Cc1ccc(S(=O)(=O)[C@H]2[C@@H](c3ccc(Cl)cc3)[C@@]2(C#N)CO)cc1. The number of nitrogens with zero attached hydrogens (tertiary/aromatic N) is 1. The summed E-state index contributed by atoms with van der Waals surface area (Å²) in [4.78, 5) is 0.169. The fraction of sp³-hybridized carbons (Fsp3) is 0.278. The highest BCUT2D eigenvalue weighted by molar-refractivity contribution is 7.92. The van der Waals surface area contributed by atoms with Gasteiger partial charge in [0.2, 0.25) is 0 Å². The highest BCUT2D eigenvalue weighted by atomic mass is 35.5. The summed E-state index contributed by atoms with van der Waals surface area (Å²) < 4.78 is 26.0. The maximum atomic E-state index is 13.0. The number of sulfone groups is 1. The van der Waals surface area contributed by atoms with Crippen LogP contribution in [0.25, 0.3) is 0 Å². The van der Waals surface area contributed by atoms with E-state index in [9.17, 15) is 18.8 Å². The van der Waals surface area contributed by atoms with Crippen molar-refractivity contribution in [3.8, 4) is 6.07 Å². The standard InChI is InChI=1S/C18H16ClNO3S/c1-12-2-8-15(9-3-12)24(22,23)17-16(18(17,10-20)11-21)13-4-6-14(19)7-5-13/h2-9,16-17,21H,11H2,1H3/t16-,17+,18-/m1/s1. The van der Waals surface area contributed by atoms with Gasteiger partial charge in [0.25, 0.3) is 0 Å². The molecule has 0 saturated heterocycles. The van der Waals surface area contributed by atoms with Gasteiger partial charge in [-0.15, -0.1) is 0 Å². The quantitative estimate of drug-likeness (QED) is 0.907. The minimum Gasteiger partial charge on any atom is -0.395 e. The van der Waals surface area contributed by atoms with Gasteiger partial charge in [-0.05, 0) is 36.8 Å². The third-order valence-electron chi connectivity index (χ3n) is 4.64. The predicted molar refractivity (Wildman–Crippen MR) is 91.5 cm³/mol. The van der Waals surface area contributed by atoms with Crippen molar-refractivity contribution in [1.29, 1.82) is 5.26 Å². The summed E-state index contributed by atoms with van der Waals surface area (Å²) in [5.74, 6) is -0.573. The lowest BCUT2D eigenvalue weighted by atomic mass is 10.0. The Hall–Kier alpha value is -1.87. The van der Waals surface area contributed by atoms with Crippen LogP contribution in [0, 0.1) is 23.7 Å². The van der Waals surface area contributed by atoms with E-state index in [-0.39, 0.29) is 4.90 Å². The number of aliphatic hydroxyl groups excluding tert-OH is 1.